The van der Waals surface area contributed by atoms with E-state index in [0.717, 1.165) is 38.0 Å². The third-order valence-corrected chi connectivity index (χ3v) is 6.14. The third-order valence-electron chi connectivity index (χ3n) is 5.02. The van der Waals surface area contributed by atoms with E-state index in [0.29, 0.717) is 12.3 Å². The molecule has 2 heterocycles. The quantitative estimate of drug-likeness (QED) is 0.861. The number of carbonyl (C=O) groups is 1. The second kappa shape index (κ2) is 6.64. The molecule has 1 aliphatic heterocycles. The second-order valence-corrected chi connectivity index (χ2v) is 7.35. The summed E-state index contributed by atoms with van der Waals surface area (Å²) in [5.41, 5.74) is 1.11. The second-order valence-electron chi connectivity index (χ2n) is 6.46. The predicted octanol–water partition coefficient (Wildman–Crippen LogP) is 1.94. The number of aliphatic hydroxyl groups excluding tert-OH is 1. The summed E-state index contributed by atoms with van der Waals surface area (Å²) >= 11 is 1.76. The van der Waals surface area contributed by atoms with Crippen LogP contribution in [0.15, 0.2) is 5.38 Å². The molecule has 0 spiro atoms. The fraction of sp³-hybridized carbons (Fsp3) is 0.750. The van der Waals surface area contributed by atoms with Crippen molar-refractivity contribution in [2.24, 2.45) is 5.92 Å². The zero-order valence-corrected chi connectivity index (χ0v) is 14.0. The number of aromatic nitrogens is 1. The smallest absolute Gasteiger partial charge is 0.308 e. The molecule has 122 valence electrons. The molecule has 5 nitrogen and oxygen atoms in total. The van der Waals surface area contributed by atoms with Crippen molar-refractivity contribution in [2.45, 2.75) is 50.7 Å². The number of aliphatic hydroxyl groups is 1. The number of hydrogen-bond donors (Lipinski definition) is 1. The zero-order valence-electron chi connectivity index (χ0n) is 13.2. The van der Waals surface area contributed by atoms with Crippen molar-refractivity contribution in [1.82, 2.24) is 9.88 Å². The summed E-state index contributed by atoms with van der Waals surface area (Å²) in [4.78, 5) is 18.6. The number of likely N-dealkylation sites (tertiary alicyclic amines) is 1. The zero-order chi connectivity index (χ0) is 15.7. The molecule has 3 atom stereocenters. The van der Waals surface area contributed by atoms with Gasteiger partial charge in [-0.2, -0.15) is 0 Å². The number of rotatable bonds is 3. The molecule has 1 N–H and O–H groups in total. The lowest BCUT2D eigenvalue weighted by Crippen LogP contribution is -2.44. The van der Waals surface area contributed by atoms with Crippen LogP contribution in [-0.4, -0.2) is 53.3 Å². The molecule has 0 amide bonds. The summed E-state index contributed by atoms with van der Waals surface area (Å²) in [5, 5.41) is 13.6. The Morgan fingerprint density at radius 1 is 1.41 bits per heavy atom. The summed E-state index contributed by atoms with van der Waals surface area (Å²) in [7, 11) is 1.42. The van der Waals surface area contributed by atoms with E-state index < -0.39 is 6.10 Å². The minimum absolute atomic E-state index is 0.100. The van der Waals surface area contributed by atoms with Crippen LogP contribution in [0.2, 0.25) is 0 Å². The predicted molar refractivity (Wildman–Crippen MR) is 84.9 cm³/mol. The third kappa shape index (κ3) is 3.19. The first-order valence-corrected chi connectivity index (χ1v) is 8.88. The Kier molecular flexibility index (Phi) is 4.80. The number of piperidine rings is 1. The molecule has 2 aliphatic rings. The number of esters is 1. The molecule has 22 heavy (non-hydrogen) atoms. The Hall–Kier alpha value is -0.980. The van der Waals surface area contributed by atoms with Gasteiger partial charge in [-0.3, -0.25) is 9.69 Å². The lowest BCUT2D eigenvalue weighted by atomic mass is 9.95. The van der Waals surface area contributed by atoms with Gasteiger partial charge in [0.1, 0.15) is 0 Å². The van der Waals surface area contributed by atoms with Gasteiger partial charge < -0.3 is 9.84 Å². The standard InChI is InChI=1S/C16H24N2O3S/c1-10-9-22-15(17-10)11-3-5-18(6-4-11)13-7-12(8-14(13)19)16(20)21-2/h9,11-14,19H,3-8H2,1-2H3/t12-,13-,14-/m0/s1. The molecule has 0 aromatic carbocycles. The minimum Gasteiger partial charge on any atom is -0.469 e. The Labute approximate surface area is 135 Å². The summed E-state index contributed by atoms with van der Waals surface area (Å²) < 4.78 is 4.82. The summed E-state index contributed by atoms with van der Waals surface area (Å²) in [6, 6.07) is 0.100. The summed E-state index contributed by atoms with van der Waals surface area (Å²) in [6.07, 6.45) is 3.00. The molecule has 0 unspecified atom stereocenters. The number of methoxy groups -OCH3 is 1. The van der Waals surface area contributed by atoms with Gasteiger partial charge in [0.2, 0.25) is 0 Å². The van der Waals surface area contributed by atoms with Crippen LogP contribution in [0.5, 0.6) is 0 Å². The number of carbonyl (C=O) groups excluding carboxylic acids is 1. The van der Waals surface area contributed by atoms with E-state index in [9.17, 15) is 9.90 Å². The first-order chi connectivity index (χ1) is 10.6. The van der Waals surface area contributed by atoms with Crippen molar-refractivity contribution >= 4 is 17.3 Å². The molecule has 1 aliphatic carbocycles. The Balaban J connectivity index is 1.56. The molecular formula is C16H24N2O3S. The van der Waals surface area contributed by atoms with E-state index in [1.165, 1.54) is 12.1 Å². The lowest BCUT2D eigenvalue weighted by molar-refractivity contribution is -0.145. The van der Waals surface area contributed by atoms with E-state index in [-0.39, 0.29) is 17.9 Å². The maximum atomic E-state index is 11.7. The molecule has 1 aromatic heterocycles. The van der Waals surface area contributed by atoms with Crippen molar-refractivity contribution in [1.29, 1.82) is 0 Å². The fourth-order valence-electron chi connectivity index (χ4n) is 3.78. The van der Waals surface area contributed by atoms with E-state index in [2.05, 4.69) is 15.3 Å². The van der Waals surface area contributed by atoms with Crippen molar-refractivity contribution in [3.05, 3.63) is 16.1 Å². The van der Waals surface area contributed by atoms with Gasteiger partial charge in [-0.05, 0) is 45.7 Å². The number of hydrogen-bond acceptors (Lipinski definition) is 6. The average Bonchev–Trinajstić information content (AvgIpc) is 3.13. The van der Waals surface area contributed by atoms with Crippen LogP contribution in [0.3, 0.4) is 0 Å². The molecule has 6 heteroatoms. The SMILES string of the molecule is COC(=O)[C@@H]1C[C@H](O)[C@@H](N2CCC(c3nc(C)cs3)CC2)C1. The molecular weight excluding hydrogens is 300 g/mol. The normalized spacial score (nSPS) is 30.6. The first-order valence-electron chi connectivity index (χ1n) is 8.00. The van der Waals surface area contributed by atoms with Gasteiger partial charge in [0.25, 0.3) is 0 Å². The number of aryl methyl sites for hydroxylation is 1. The van der Waals surface area contributed by atoms with E-state index in [1.807, 2.05) is 6.92 Å². The Morgan fingerprint density at radius 3 is 2.73 bits per heavy atom. The van der Waals surface area contributed by atoms with E-state index in [1.54, 1.807) is 11.3 Å². The molecule has 0 bridgehead atoms. The summed E-state index contributed by atoms with van der Waals surface area (Å²) in [5.74, 6) is 0.212. The Morgan fingerprint density at radius 2 is 2.14 bits per heavy atom. The lowest BCUT2D eigenvalue weighted by Gasteiger charge is -2.36. The molecule has 1 saturated heterocycles. The van der Waals surface area contributed by atoms with Crippen LogP contribution >= 0.6 is 11.3 Å². The summed E-state index contributed by atoms with van der Waals surface area (Å²) in [6.45, 7) is 3.98. The molecule has 0 radical (unpaired) electrons. The van der Waals surface area contributed by atoms with Gasteiger partial charge >= 0.3 is 5.97 Å². The fourth-order valence-corrected chi connectivity index (χ4v) is 4.75. The molecule has 2 fully saturated rings. The van der Waals surface area contributed by atoms with Crippen LogP contribution < -0.4 is 0 Å². The van der Waals surface area contributed by atoms with E-state index >= 15 is 0 Å². The van der Waals surface area contributed by atoms with Crippen LogP contribution in [0, 0.1) is 12.8 Å². The van der Waals surface area contributed by atoms with E-state index in [4.69, 9.17) is 4.74 Å². The van der Waals surface area contributed by atoms with Crippen LogP contribution in [0.4, 0.5) is 0 Å². The largest absolute Gasteiger partial charge is 0.469 e. The maximum absolute atomic E-state index is 11.7. The molecule has 1 saturated carbocycles. The van der Waals surface area contributed by atoms with Gasteiger partial charge in [0, 0.05) is 23.0 Å². The van der Waals surface area contributed by atoms with Crippen molar-refractivity contribution < 1.29 is 14.6 Å². The Bertz CT molecular complexity index is 525. The van der Waals surface area contributed by atoms with Gasteiger partial charge in [-0.25, -0.2) is 4.98 Å². The highest BCUT2D eigenvalue weighted by atomic mass is 32.1. The number of nitrogens with zero attached hydrogens (tertiary/aromatic N) is 2. The highest BCUT2D eigenvalue weighted by molar-refractivity contribution is 7.09. The molecule has 1 aromatic rings. The minimum atomic E-state index is -0.414. The highest BCUT2D eigenvalue weighted by Crippen LogP contribution is 2.36. The monoisotopic (exact) mass is 324 g/mol. The average molecular weight is 324 g/mol. The van der Waals surface area contributed by atoms with Gasteiger partial charge in [0.05, 0.1) is 24.1 Å². The molecule has 3 rings (SSSR count). The van der Waals surface area contributed by atoms with Gasteiger partial charge in [-0.1, -0.05) is 0 Å². The number of thiazole rings is 1. The topological polar surface area (TPSA) is 62.7 Å². The van der Waals surface area contributed by atoms with Crippen LogP contribution in [0.25, 0.3) is 0 Å². The van der Waals surface area contributed by atoms with Crippen LogP contribution in [-0.2, 0) is 9.53 Å². The number of ether oxygens (including phenoxy) is 1. The van der Waals surface area contributed by atoms with Crippen molar-refractivity contribution in [3.63, 3.8) is 0 Å². The van der Waals surface area contributed by atoms with Gasteiger partial charge in [-0.15, -0.1) is 11.3 Å². The highest BCUT2D eigenvalue weighted by Gasteiger charge is 2.41. The van der Waals surface area contributed by atoms with Crippen molar-refractivity contribution in [3.8, 4) is 0 Å². The van der Waals surface area contributed by atoms with Crippen LogP contribution in [0.1, 0.15) is 42.3 Å². The first kappa shape index (κ1) is 15.9. The van der Waals surface area contributed by atoms with Crippen molar-refractivity contribution in [2.75, 3.05) is 20.2 Å². The maximum Gasteiger partial charge on any atom is 0.308 e. The van der Waals surface area contributed by atoms with Gasteiger partial charge in [0.15, 0.2) is 0 Å².